The van der Waals surface area contributed by atoms with E-state index in [1.165, 1.54) is 12.1 Å². The van der Waals surface area contributed by atoms with E-state index in [0.717, 1.165) is 13.0 Å². The molecule has 1 aromatic rings. The predicted octanol–water partition coefficient (Wildman–Crippen LogP) is 1.48. The highest BCUT2D eigenvalue weighted by Gasteiger charge is 2.06. The van der Waals surface area contributed by atoms with E-state index < -0.39 is 0 Å². The second kappa shape index (κ2) is 6.21. The summed E-state index contributed by atoms with van der Waals surface area (Å²) in [6.07, 6.45) is 0.885. The van der Waals surface area contributed by atoms with E-state index in [9.17, 15) is 4.39 Å². The van der Waals surface area contributed by atoms with Gasteiger partial charge in [-0.3, -0.25) is 0 Å². The Hall–Kier alpha value is -1.44. The summed E-state index contributed by atoms with van der Waals surface area (Å²) in [5.74, 6) is -0.265. The highest BCUT2D eigenvalue weighted by Crippen LogP contribution is 2.12. The lowest BCUT2D eigenvalue weighted by atomic mass is 10.1. The van der Waals surface area contributed by atoms with Gasteiger partial charge in [0.05, 0.1) is 11.6 Å². The van der Waals surface area contributed by atoms with Crippen LogP contribution in [0.15, 0.2) is 18.2 Å². The largest absolute Gasteiger partial charge is 0.330 e. The minimum Gasteiger partial charge on any atom is -0.330 e. The molecule has 0 fully saturated rings. The van der Waals surface area contributed by atoms with Crippen molar-refractivity contribution in [3.05, 3.63) is 35.1 Å². The second-order valence-electron chi connectivity index (χ2n) is 3.80. The van der Waals surface area contributed by atoms with Gasteiger partial charge in [0.2, 0.25) is 0 Å². The molecule has 0 bridgehead atoms. The Morgan fingerprint density at radius 2 is 2.25 bits per heavy atom. The first-order valence-corrected chi connectivity index (χ1v) is 5.24. The van der Waals surface area contributed by atoms with E-state index in [0.29, 0.717) is 24.2 Å². The third-order valence-electron chi connectivity index (χ3n) is 2.36. The zero-order chi connectivity index (χ0) is 12.0. The first kappa shape index (κ1) is 12.6. The van der Waals surface area contributed by atoms with Crippen LogP contribution in [0.1, 0.15) is 17.5 Å². The number of nitriles is 1. The summed E-state index contributed by atoms with van der Waals surface area (Å²) in [4.78, 5) is 1.99. The molecule has 0 aliphatic rings. The Balaban J connectivity index is 2.69. The molecule has 0 aliphatic heterocycles. The molecule has 0 atom stereocenters. The first-order chi connectivity index (χ1) is 7.67. The summed E-state index contributed by atoms with van der Waals surface area (Å²) < 4.78 is 13.4. The van der Waals surface area contributed by atoms with Crippen molar-refractivity contribution < 1.29 is 4.39 Å². The fourth-order valence-electron chi connectivity index (χ4n) is 1.50. The molecular formula is C12H16FN3. The standard InChI is InChI=1S/C12H16FN3/c1-16(6-2-5-14)9-11-7-10(8-15)3-4-12(11)13/h3-4,7H,2,5-6,9,14H2,1H3. The Bertz CT molecular complexity index is 384. The van der Waals surface area contributed by atoms with Crippen LogP contribution in [-0.2, 0) is 6.54 Å². The molecule has 0 heterocycles. The van der Waals surface area contributed by atoms with Gasteiger partial charge in [0.1, 0.15) is 5.82 Å². The number of nitrogens with two attached hydrogens (primary N) is 1. The molecule has 0 spiro atoms. The number of hydrogen-bond donors (Lipinski definition) is 1. The van der Waals surface area contributed by atoms with Gasteiger partial charge in [-0.1, -0.05) is 0 Å². The monoisotopic (exact) mass is 221 g/mol. The maximum absolute atomic E-state index is 13.4. The lowest BCUT2D eigenvalue weighted by Crippen LogP contribution is -2.21. The molecule has 4 heteroatoms. The molecule has 0 aliphatic carbocycles. The van der Waals surface area contributed by atoms with Gasteiger partial charge < -0.3 is 10.6 Å². The fraction of sp³-hybridized carbons (Fsp3) is 0.417. The maximum atomic E-state index is 13.4. The van der Waals surface area contributed by atoms with Crippen molar-refractivity contribution in [3.8, 4) is 6.07 Å². The van der Waals surface area contributed by atoms with Gasteiger partial charge in [-0.05, 0) is 44.8 Å². The minimum absolute atomic E-state index is 0.265. The van der Waals surface area contributed by atoms with E-state index in [1.54, 1.807) is 6.07 Å². The van der Waals surface area contributed by atoms with Crippen LogP contribution in [0.3, 0.4) is 0 Å². The quantitative estimate of drug-likeness (QED) is 0.819. The van der Waals surface area contributed by atoms with E-state index in [2.05, 4.69) is 0 Å². The fourth-order valence-corrected chi connectivity index (χ4v) is 1.50. The van der Waals surface area contributed by atoms with Crippen molar-refractivity contribution in [2.75, 3.05) is 20.1 Å². The van der Waals surface area contributed by atoms with Crippen LogP contribution in [0.2, 0.25) is 0 Å². The normalized spacial score (nSPS) is 10.4. The van der Waals surface area contributed by atoms with Gasteiger partial charge in [0, 0.05) is 12.1 Å². The van der Waals surface area contributed by atoms with Crippen LogP contribution in [0.25, 0.3) is 0 Å². The summed E-state index contributed by atoms with van der Waals surface area (Å²) in [6, 6.07) is 6.42. The highest BCUT2D eigenvalue weighted by molar-refractivity contribution is 5.33. The molecule has 3 nitrogen and oxygen atoms in total. The average molecular weight is 221 g/mol. The Morgan fingerprint density at radius 1 is 1.50 bits per heavy atom. The molecule has 0 unspecified atom stereocenters. The second-order valence-corrected chi connectivity index (χ2v) is 3.80. The number of halogens is 1. The zero-order valence-electron chi connectivity index (χ0n) is 9.41. The smallest absolute Gasteiger partial charge is 0.127 e. The van der Waals surface area contributed by atoms with Crippen molar-refractivity contribution in [2.45, 2.75) is 13.0 Å². The van der Waals surface area contributed by atoms with Crippen LogP contribution < -0.4 is 5.73 Å². The van der Waals surface area contributed by atoms with Crippen molar-refractivity contribution >= 4 is 0 Å². The van der Waals surface area contributed by atoms with Gasteiger partial charge in [-0.2, -0.15) is 5.26 Å². The third-order valence-corrected chi connectivity index (χ3v) is 2.36. The summed E-state index contributed by atoms with van der Waals surface area (Å²) in [7, 11) is 1.91. The summed E-state index contributed by atoms with van der Waals surface area (Å²) in [5.41, 5.74) is 6.45. The maximum Gasteiger partial charge on any atom is 0.127 e. The average Bonchev–Trinajstić information content (AvgIpc) is 2.29. The SMILES string of the molecule is CN(CCCN)Cc1cc(C#N)ccc1F. The molecule has 1 rings (SSSR count). The molecule has 86 valence electrons. The van der Waals surface area contributed by atoms with Crippen LogP contribution in [0, 0.1) is 17.1 Å². The van der Waals surface area contributed by atoms with E-state index in [-0.39, 0.29) is 5.82 Å². The predicted molar refractivity (Wildman–Crippen MR) is 61.1 cm³/mol. The molecule has 0 aromatic heterocycles. The van der Waals surface area contributed by atoms with Gasteiger partial charge >= 0.3 is 0 Å². The lowest BCUT2D eigenvalue weighted by molar-refractivity contribution is 0.319. The minimum atomic E-state index is -0.265. The topological polar surface area (TPSA) is 53.0 Å². The number of benzene rings is 1. The zero-order valence-corrected chi connectivity index (χ0v) is 9.41. The van der Waals surface area contributed by atoms with Gasteiger partial charge in [0.25, 0.3) is 0 Å². The molecule has 0 radical (unpaired) electrons. The number of nitrogens with zero attached hydrogens (tertiary/aromatic N) is 2. The molecule has 0 amide bonds. The summed E-state index contributed by atoms with van der Waals surface area (Å²) >= 11 is 0. The number of hydrogen-bond acceptors (Lipinski definition) is 3. The third kappa shape index (κ3) is 3.61. The van der Waals surface area contributed by atoms with Crippen LogP contribution >= 0.6 is 0 Å². The van der Waals surface area contributed by atoms with Gasteiger partial charge in [-0.25, -0.2) is 4.39 Å². The Kier molecular flexibility index (Phi) is 4.90. The highest BCUT2D eigenvalue weighted by atomic mass is 19.1. The Morgan fingerprint density at radius 3 is 2.88 bits per heavy atom. The van der Waals surface area contributed by atoms with Crippen molar-refractivity contribution in [1.29, 1.82) is 5.26 Å². The van der Waals surface area contributed by atoms with Crippen molar-refractivity contribution in [3.63, 3.8) is 0 Å². The molecule has 0 saturated heterocycles. The Labute approximate surface area is 95.3 Å². The van der Waals surface area contributed by atoms with Crippen molar-refractivity contribution in [2.24, 2.45) is 5.73 Å². The van der Waals surface area contributed by atoms with Crippen LogP contribution in [0.5, 0.6) is 0 Å². The van der Waals surface area contributed by atoms with Crippen LogP contribution in [0.4, 0.5) is 4.39 Å². The molecule has 2 N–H and O–H groups in total. The van der Waals surface area contributed by atoms with E-state index >= 15 is 0 Å². The number of rotatable bonds is 5. The molecule has 0 saturated carbocycles. The van der Waals surface area contributed by atoms with E-state index in [4.69, 9.17) is 11.0 Å². The van der Waals surface area contributed by atoms with Gasteiger partial charge in [0.15, 0.2) is 0 Å². The molecule has 1 aromatic carbocycles. The van der Waals surface area contributed by atoms with Crippen LogP contribution in [-0.4, -0.2) is 25.0 Å². The van der Waals surface area contributed by atoms with Crippen molar-refractivity contribution in [1.82, 2.24) is 4.90 Å². The first-order valence-electron chi connectivity index (χ1n) is 5.24. The summed E-state index contributed by atoms with van der Waals surface area (Å²) in [6.45, 7) is 1.96. The van der Waals surface area contributed by atoms with E-state index in [1.807, 2.05) is 18.0 Å². The van der Waals surface area contributed by atoms with Gasteiger partial charge in [-0.15, -0.1) is 0 Å². The molecular weight excluding hydrogens is 205 g/mol. The lowest BCUT2D eigenvalue weighted by Gasteiger charge is -2.16. The summed E-state index contributed by atoms with van der Waals surface area (Å²) in [5, 5.41) is 8.73. The molecule has 16 heavy (non-hydrogen) atoms.